The molecule has 4 aromatic rings. The predicted octanol–water partition coefficient (Wildman–Crippen LogP) is 4.09. The summed E-state index contributed by atoms with van der Waals surface area (Å²) in [5, 5.41) is 13.6. The van der Waals surface area contributed by atoms with Crippen molar-refractivity contribution in [3.63, 3.8) is 0 Å². The molecule has 2 aromatic heterocycles. The van der Waals surface area contributed by atoms with Crippen molar-refractivity contribution in [3.05, 3.63) is 84.6 Å². The van der Waals surface area contributed by atoms with E-state index in [-0.39, 0.29) is 18.6 Å². The lowest BCUT2D eigenvalue weighted by Gasteiger charge is -2.20. The quantitative estimate of drug-likeness (QED) is 0.423. The highest BCUT2D eigenvalue weighted by molar-refractivity contribution is 6.03. The summed E-state index contributed by atoms with van der Waals surface area (Å²) in [6.07, 6.45) is 3.39. The Kier molecular flexibility index (Phi) is 5.59. The molecule has 1 aliphatic heterocycles. The highest BCUT2D eigenvalue weighted by Crippen LogP contribution is 2.33. The number of aromatic nitrogens is 2. The van der Waals surface area contributed by atoms with E-state index < -0.39 is 0 Å². The number of ether oxygens (including phenoxy) is 2. The van der Waals surface area contributed by atoms with E-state index in [4.69, 9.17) is 18.3 Å². The number of rotatable bonds is 7. The Morgan fingerprint density at radius 3 is 2.45 bits per heavy atom. The van der Waals surface area contributed by atoms with Gasteiger partial charge in [-0.2, -0.15) is 5.10 Å². The second kappa shape index (κ2) is 8.99. The standard InChI is InChI=1S/C24H20N4O5/c1-30-18-8-4-16(5-9-18)20-13-21(22-3-2-12-31-22)28(27-20)23(29)14-32-19-10-6-17(7-11-19)24-26-25-15-33-24/h2-12,15,21H,13-14H2,1H3/t21-/m0/s1. The zero-order valence-corrected chi connectivity index (χ0v) is 17.7. The lowest BCUT2D eigenvalue weighted by molar-refractivity contribution is -0.135. The molecule has 0 aliphatic carbocycles. The molecule has 2 aromatic carbocycles. The third-order valence-electron chi connectivity index (χ3n) is 5.28. The zero-order valence-electron chi connectivity index (χ0n) is 17.7. The molecule has 0 spiro atoms. The van der Waals surface area contributed by atoms with Crippen LogP contribution in [0.4, 0.5) is 0 Å². The van der Waals surface area contributed by atoms with E-state index in [1.165, 1.54) is 11.4 Å². The molecule has 1 amide bonds. The molecule has 3 heterocycles. The van der Waals surface area contributed by atoms with E-state index in [9.17, 15) is 4.79 Å². The van der Waals surface area contributed by atoms with Crippen LogP contribution in [-0.4, -0.2) is 40.5 Å². The molecule has 5 rings (SSSR count). The van der Waals surface area contributed by atoms with Gasteiger partial charge in [0.2, 0.25) is 12.3 Å². The van der Waals surface area contributed by atoms with Crippen LogP contribution >= 0.6 is 0 Å². The van der Waals surface area contributed by atoms with Crippen LogP contribution in [-0.2, 0) is 4.79 Å². The van der Waals surface area contributed by atoms with Crippen LogP contribution < -0.4 is 9.47 Å². The Labute approximate surface area is 189 Å². The van der Waals surface area contributed by atoms with E-state index in [1.807, 2.05) is 30.3 Å². The van der Waals surface area contributed by atoms with Gasteiger partial charge in [-0.1, -0.05) is 0 Å². The highest BCUT2D eigenvalue weighted by atomic mass is 16.5. The lowest BCUT2D eigenvalue weighted by Crippen LogP contribution is -2.31. The van der Waals surface area contributed by atoms with Crippen molar-refractivity contribution >= 4 is 11.6 Å². The molecule has 0 unspecified atom stereocenters. The van der Waals surface area contributed by atoms with Gasteiger partial charge >= 0.3 is 0 Å². The number of nitrogens with zero attached hydrogens (tertiary/aromatic N) is 4. The van der Waals surface area contributed by atoms with Crippen molar-refractivity contribution in [2.75, 3.05) is 13.7 Å². The number of hydrogen-bond acceptors (Lipinski definition) is 8. The molecule has 33 heavy (non-hydrogen) atoms. The molecule has 1 atom stereocenters. The molecular formula is C24H20N4O5. The third-order valence-corrected chi connectivity index (χ3v) is 5.28. The second-order valence-corrected chi connectivity index (χ2v) is 7.31. The number of carbonyl (C=O) groups excluding carboxylic acids is 1. The fourth-order valence-electron chi connectivity index (χ4n) is 3.60. The molecule has 1 aliphatic rings. The molecule has 9 heteroatoms. The van der Waals surface area contributed by atoms with Crippen LogP contribution in [0.25, 0.3) is 11.5 Å². The Morgan fingerprint density at radius 1 is 1.03 bits per heavy atom. The van der Waals surface area contributed by atoms with Crippen LogP contribution in [0, 0.1) is 0 Å². The fraction of sp³-hybridized carbons (Fsp3) is 0.167. The van der Waals surface area contributed by atoms with Gasteiger partial charge in [0, 0.05) is 12.0 Å². The third kappa shape index (κ3) is 4.33. The SMILES string of the molecule is COc1ccc(C2=NN(C(=O)COc3ccc(-c4nnco4)cc3)[C@H](c3ccco3)C2)cc1. The minimum absolute atomic E-state index is 0.170. The first-order valence-corrected chi connectivity index (χ1v) is 10.3. The summed E-state index contributed by atoms with van der Waals surface area (Å²) in [5.41, 5.74) is 2.47. The van der Waals surface area contributed by atoms with E-state index in [0.29, 0.717) is 23.8 Å². The number of amides is 1. The summed E-state index contributed by atoms with van der Waals surface area (Å²) in [6, 6.07) is 17.9. The highest BCUT2D eigenvalue weighted by Gasteiger charge is 2.35. The molecule has 0 fully saturated rings. The van der Waals surface area contributed by atoms with Crippen molar-refractivity contribution in [1.82, 2.24) is 15.2 Å². The van der Waals surface area contributed by atoms with Crippen LogP contribution in [0.1, 0.15) is 23.8 Å². The number of hydrogen-bond donors (Lipinski definition) is 0. The van der Waals surface area contributed by atoms with Crippen molar-refractivity contribution in [3.8, 4) is 23.0 Å². The van der Waals surface area contributed by atoms with Crippen molar-refractivity contribution < 1.29 is 23.1 Å². The number of benzene rings is 2. The summed E-state index contributed by atoms with van der Waals surface area (Å²) < 4.78 is 21.7. The van der Waals surface area contributed by atoms with E-state index >= 15 is 0 Å². The summed E-state index contributed by atoms with van der Waals surface area (Å²) in [5.74, 6) is 2.10. The van der Waals surface area contributed by atoms with Gasteiger partial charge in [0.05, 0.1) is 19.1 Å². The summed E-state index contributed by atoms with van der Waals surface area (Å²) in [7, 11) is 1.62. The molecule has 0 radical (unpaired) electrons. The fourth-order valence-corrected chi connectivity index (χ4v) is 3.60. The second-order valence-electron chi connectivity index (χ2n) is 7.31. The number of furan rings is 1. The average Bonchev–Trinajstić information content (AvgIpc) is 3.64. The Bertz CT molecular complexity index is 1230. The van der Waals surface area contributed by atoms with Gasteiger partial charge in [-0.3, -0.25) is 4.79 Å². The molecule has 9 nitrogen and oxygen atoms in total. The molecule has 0 N–H and O–H groups in total. The first-order valence-electron chi connectivity index (χ1n) is 10.3. The summed E-state index contributed by atoms with van der Waals surface area (Å²) >= 11 is 0. The van der Waals surface area contributed by atoms with Gasteiger partial charge in [-0.25, -0.2) is 5.01 Å². The minimum Gasteiger partial charge on any atom is -0.497 e. The molecule has 0 saturated heterocycles. The first kappa shape index (κ1) is 20.5. The van der Waals surface area contributed by atoms with Crippen molar-refractivity contribution in [2.24, 2.45) is 5.10 Å². The summed E-state index contributed by atoms with van der Waals surface area (Å²) in [6.45, 7) is -0.170. The van der Waals surface area contributed by atoms with E-state index in [0.717, 1.165) is 22.6 Å². The van der Waals surface area contributed by atoms with Gasteiger partial charge in [0.25, 0.3) is 5.91 Å². The number of carbonyl (C=O) groups is 1. The molecule has 0 saturated carbocycles. The molecule has 0 bridgehead atoms. The maximum absolute atomic E-state index is 13.1. The average molecular weight is 444 g/mol. The Morgan fingerprint density at radius 2 is 1.79 bits per heavy atom. The van der Waals surface area contributed by atoms with Gasteiger partial charge in [0.1, 0.15) is 23.3 Å². The van der Waals surface area contributed by atoms with Crippen LogP contribution in [0.5, 0.6) is 11.5 Å². The van der Waals surface area contributed by atoms with Crippen molar-refractivity contribution in [2.45, 2.75) is 12.5 Å². The monoisotopic (exact) mass is 444 g/mol. The van der Waals surface area contributed by atoms with E-state index in [1.54, 1.807) is 43.7 Å². The smallest absolute Gasteiger partial charge is 0.281 e. The minimum atomic E-state index is -0.340. The first-order chi connectivity index (χ1) is 16.2. The van der Waals surface area contributed by atoms with Crippen LogP contribution in [0.3, 0.4) is 0 Å². The Balaban J connectivity index is 1.31. The maximum Gasteiger partial charge on any atom is 0.281 e. The van der Waals surface area contributed by atoms with Crippen LogP contribution in [0.15, 0.2) is 87.3 Å². The van der Waals surface area contributed by atoms with Crippen LogP contribution in [0.2, 0.25) is 0 Å². The zero-order chi connectivity index (χ0) is 22.6. The van der Waals surface area contributed by atoms with Gasteiger partial charge in [-0.05, 0) is 66.2 Å². The molecule has 166 valence electrons. The molecular weight excluding hydrogens is 424 g/mol. The predicted molar refractivity (Wildman–Crippen MR) is 118 cm³/mol. The van der Waals surface area contributed by atoms with Gasteiger partial charge in [0.15, 0.2) is 6.61 Å². The van der Waals surface area contributed by atoms with Gasteiger partial charge in [-0.15, -0.1) is 10.2 Å². The number of hydrazone groups is 1. The number of methoxy groups -OCH3 is 1. The maximum atomic E-state index is 13.1. The Hall–Kier alpha value is -4.40. The van der Waals surface area contributed by atoms with E-state index in [2.05, 4.69) is 15.3 Å². The largest absolute Gasteiger partial charge is 0.497 e. The normalized spacial score (nSPS) is 15.4. The topological polar surface area (TPSA) is 103 Å². The summed E-state index contributed by atoms with van der Waals surface area (Å²) in [4.78, 5) is 13.1. The van der Waals surface area contributed by atoms with Gasteiger partial charge < -0.3 is 18.3 Å². The van der Waals surface area contributed by atoms with Crippen molar-refractivity contribution in [1.29, 1.82) is 0 Å². The lowest BCUT2D eigenvalue weighted by atomic mass is 10.0.